The number of primary amides is 1. The molecule has 1 amide bonds. The highest BCUT2D eigenvalue weighted by Crippen LogP contribution is 2.17. The van der Waals surface area contributed by atoms with Gasteiger partial charge in [-0.05, 0) is 24.6 Å². The van der Waals surface area contributed by atoms with Crippen molar-refractivity contribution in [1.82, 2.24) is 0 Å². The van der Waals surface area contributed by atoms with Crippen molar-refractivity contribution < 1.29 is 14.6 Å². The van der Waals surface area contributed by atoms with Crippen LogP contribution in [0.25, 0.3) is 0 Å². The van der Waals surface area contributed by atoms with Crippen LogP contribution in [-0.2, 0) is 4.79 Å². The number of nitrogens with two attached hydrogens (primary N) is 1. The van der Waals surface area contributed by atoms with Crippen LogP contribution in [0.3, 0.4) is 0 Å². The maximum Gasteiger partial charge on any atom is 0.220 e. The van der Waals surface area contributed by atoms with Gasteiger partial charge < -0.3 is 15.6 Å². The lowest BCUT2D eigenvalue weighted by Gasteiger charge is -2.07. The van der Waals surface area contributed by atoms with Crippen molar-refractivity contribution in [3.63, 3.8) is 0 Å². The second kappa shape index (κ2) is 5.36. The van der Waals surface area contributed by atoms with Crippen molar-refractivity contribution >= 4 is 5.91 Å². The van der Waals surface area contributed by atoms with E-state index in [1.807, 2.05) is 0 Å². The Hall–Kier alpha value is -1.55. The molecule has 1 rings (SSSR count). The summed E-state index contributed by atoms with van der Waals surface area (Å²) in [6.07, 6.45) is -0.275. The fourth-order valence-electron chi connectivity index (χ4n) is 1.11. The van der Waals surface area contributed by atoms with Gasteiger partial charge in [-0.3, -0.25) is 4.79 Å². The summed E-state index contributed by atoms with van der Waals surface area (Å²) in [7, 11) is 0. The van der Waals surface area contributed by atoms with Crippen LogP contribution >= 0.6 is 0 Å². The lowest BCUT2D eigenvalue weighted by atomic mass is 10.1. The first-order valence-corrected chi connectivity index (χ1v) is 4.78. The van der Waals surface area contributed by atoms with E-state index >= 15 is 0 Å². The van der Waals surface area contributed by atoms with E-state index in [1.165, 1.54) is 0 Å². The largest absolute Gasteiger partial charge is 0.493 e. The lowest BCUT2D eigenvalue weighted by Crippen LogP contribution is -2.14. The van der Waals surface area contributed by atoms with Crippen molar-refractivity contribution in [3.05, 3.63) is 29.8 Å². The van der Waals surface area contributed by atoms with E-state index in [0.717, 1.165) is 5.56 Å². The van der Waals surface area contributed by atoms with Crippen LogP contribution in [0.15, 0.2) is 24.3 Å². The number of hydrogen-bond acceptors (Lipinski definition) is 3. The van der Waals surface area contributed by atoms with Crippen LogP contribution in [0, 0.1) is 0 Å². The predicted molar refractivity (Wildman–Crippen MR) is 56.4 cm³/mol. The Labute approximate surface area is 88.7 Å². The first-order valence-electron chi connectivity index (χ1n) is 4.78. The van der Waals surface area contributed by atoms with Crippen LogP contribution < -0.4 is 10.5 Å². The van der Waals surface area contributed by atoms with Crippen molar-refractivity contribution in [2.75, 3.05) is 6.61 Å². The summed E-state index contributed by atoms with van der Waals surface area (Å²) in [6.45, 7) is 1.98. The van der Waals surface area contributed by atoms with E-state index in [2.05, 4.69) is 0 Å². The third kappa shape index (κ3) is 3.99. The maximum absolute atomic E-state index is 10.4. The molecule has 0 bridgehead atoms. The summed E-state index contributed by atoms with van der Waals surface area (Å²) in [5.74, 6) is 0.288. The molecule has 0 spiro atoms. The van der Waals surface area contributed by atoms with Crippen molar-refractivity contribution in [2.45, 2.75) is 19.4 Å². The molecule has 0 fully saturated rings. The topological polar surface area (TPSA) is 72.6 Å². The fraction of sp³-hybridized carbons (Fsp3) is 0.364. The van der Waals surface area contributed by atoms with Gasteiger partial charge in [0.25, 0.3) is 0 Å². The van der Waals surface area contributed by atoms with E-state index in [-0.39, 0.29) is 18.9 Å². The second-order valence-corrected chi connectivity index (χ2v) is 3.31. The number of hydrogen-bond donors (Lipinski definition) is 2. The normalized spacial score (nSPS) is 12.1. The van der Waals surface area contributed by atoms with Gasteiger partial charge >= 0.3 is 0 Å². The van der Waals surface area contributed by atoms with Crippen molar-refractivity contribution in [2.24, 2.45) is 5.73 Å². The van der Waals surface area contributed by atoms with Crippen LogP contribution in [0.5, 0.6) is 5.75 Å². The van der Waals surface area contributed by atoms with Crippen LogP contribution in [0.2, 0.25) is 0 Å². The first kappa shape index (κ1) is 11.5. The van der Waals surface area contributed by atoms with Gasteiger partial charge in [0.1, 0.15) is 5.75 Å². The van der Waals surface area contributed by atoms with Gasteiger partial charge in [0, 0.05) is 0 Å². The first-order chi connectivity index (χ1) is 7.09. The zero-order chi connectivity index (χ0) is 11.3. The van der Waals surface area contributed by atoms with E-state index in [0.29, 0.717) is 5.75 Å². The number of carbonyl (C=O) groups excluding carboxylic acids is 1. The van der Waals surface area contributed by atoms with Crippen LogP contribution in [0.4, 0.5) is 0 Å². The summed E-state index contributed by atoms with van der Waals surface area (Å²) < 4.78 is 5.27. The summed E-state index contributed by atoms with van der Waals surface area (Å²) >= 11 is 0. The maximum atomic E-state index is 10.4. The summed E-state index contributed by atoms with van der Waals surface area (Å²) in [5, 5.41) is 9.26. The zero-order valence-corrected chi connectivity index (χ0v) is 8.64. The number of rotatable bonds is 5. The minimum absolute atomic E-state index is 0.207. The third-order valence-corrected chi connectivity index (χ3v) is 1.98. The molecule has 0 heterocycles. The summed E-state index contributed by atoms with van der Waals surface area (Å²) in [6, 6.07) is 7.07. The Balaban J connectivity index is 2.46. The second-order valence-electron chi connectivity index (χ2n) is 3.31. The highest BCUT2D eigenvalue weighted by Gasteiger charge is 2.01. The quantitative estimate of drug-likeness (QED) is 0.759. The summed E-state index contributed by atoms with van der Waals surface area (Å²) in [4.78, 5) is 10.4. The number of aliphatic hydroxyl groups is 1. The van der Waals surface area contributed by atoms with Gasteiger partial charge in [-0.25, -0.2) is 0 Å². The van der Waals surface area contributed by atoms with E-state index < -0.39 is 6.10 Å². The average molecular weight is 209 g/mol. The minimum Gasteiger partial charge on any atom is -0.493 e. The number of amides is 1. The molecule has 15 heavy (non-hydrogen) atoms. The molecule has 4 nitrogen and oxygen atoms in total. The molecular weight excluding hydrogens is 194 g/mol. The Kier molecular flexibility index (Phi) is 4.12. The molecule has 82 valence electrons. The predicted octanol–water partition coefficient (Wildman–Crippen LogP) is 0.994. The molecule has 4 heteroatoms. The standard InChI is InChI=1S/C11H15NO3/c1-8(13)9-2-4-10(5-3-9)15-7-6-11(12)14/h2-5,8,13H,6-7H2,1H3,(H2,12,14)/t8-/m0/s1. The molecule has 3 N–H and O–H groups in total. The molecule has 1 aromatic carbocycles. The van der Waals surface area contributed by atoms with Gasteiger partial charge in [-0.2, -0.15) is 0 Å². The average Bonchev–Trinajstić information content (AvgIpc) is 2.18. The number of carbonyl (C=O) groups is 1. The van der Waals surface area contributed by atoms with Crippen molar-refractivity contribution in [3.8, 4) is 5.75 Å². The third-order valence-electron chi connectivity index (χ3n) is 1.98. The van der Waals surface area contributed by atoms with Gasteiger partial charge in [0.15, 0.2) is 0 Å². The highest BCUT2D eigenvalue weighted by atomic mass is 16.5. The summed E-state index contributed by atoms with van der Waals surface area (Å²) in [5.41, 5.74) is 5.80. The molecular formula is C11H15NO3. The molecule has 1 atom stereocenters. The van der Waals surface area contributed by atoms with E-state index in [1.54, 1.807) is 31.2 Å². The molecule has 1 aromatic rings. The molecule has 0 saturated heterocycles. The van der Waals surface area contributed by atoms with Crippen LogP contribution in [0.1, 0.15) is 25.0 Å². The molecule has 0 radical (unpaired) electrons. The molecule has 0 aliphatic rings. The number of ether oxygens (including phenoxy) is 1. The van der Waals surface area contributed by atoms with Gasteiger partial charge in [-0.15, -0.1) is 0 Å². The van der Waals surface area contributed by atoms with Crippen molar-refractivity contribution in [1.29, 1.82) is 0 Å². The Morgan fingerprint density at radius 2 is 2.07 bits per heavy atom. The smallest absolute Gasteiger partial charge is 0.220 e. The highest BCUT2D eigenvalue weighted by molar-refractivity contribution is 5.73. The monoisotopic (exact) mass is 209 g/mol. The SMILES string of the molecule is C[C@H](O)c1ccc(OCCC(N)=O)cc1. The van der Waals surface area contributed by atoms with Gasteiger partial charge in [-0.1, -0.05) is 12.1 Å². The Morgan fingerprint density at radius 3 is 2.53 bits per heavy atom. The van der Waals surface area contributed by atoms with Gasteiger partial charge in [0.05, 0.1) is 19.1 Å². The number of benzene rings is 1. The Bertz CT molecular complexity index is 319. The number of aliphatic hydroxyl groups excluding tert-OH is 1. The van der Waals surface area contributed by atoms with Gasteiger partial charge in [0.2, 0.25) is 5.91 Å². The minimum atomic E-state index is -0.482. The molecule has 0 aromatic heterocycles. The van der Waals surface area contributed by atoms with E-state index in [4.69, 9.17) is 10.5 Å². The molecule has 0 saturated carbocycles. The lowest BCUT2D eigenvalue weighted by molar-refractivity contribution is -0.118. The molecule has 0 unspecified atom stereocenters. The molecule has 0 aliphatic carbocycles. The Morgan fingerprint density at radius 1 is 1.47 bits per heavy atom. The van der Waals surface area contributed by atoms with Crippen LogP contribution in [-0.4, -0.2) is 17.6 Å². The van der Waals surface area contributed by atoms with E-state index in [9.17, 15) is 9.90 Å². The zero-order valence-electron chi connectivity index (χ0n) is 8.64. The molecule has 0 aliphatic heterocycles. The fourth-order valence-corrected chi connectivity index (χ4v) is 1.11.